The lowest BCUT2D eigenvalue weighted by molar-refractivity contribution is -0.148. The summed E-state index contributed by atoms with van der Waals surface area (Å²) in [4.78, 5) is 30.9. The molecule has 2 bridgehead atoms. The maximum Gasteiger partial charge on any atom is 0.270 e. The molecule has 5 atom stereocenters. The molecule has 0 saturated heterocycles. The van der Waals surface area contributed by atoms with E-state index >= 15 is 0 Å². The minimum absolute atomic E-state index is 0.00610. The monoisotopic (exact) mass is 683 g/mol. The second-order valence-electron chi connectivity index (χ2n) is 14.7. The van der Waals surface area contributed by atoms with Crippen LogP contribution in [0.5, 0.6) is 5.75 Å². The minimum atomic E-state index is -4.03. The molecule has 254 valence electrons. The number of nitrogens with zero attached hydrogens (tertiary/aromatic N) is 2. The maximum atomic E-state index is 13.6. The number of sulfonamides is 1. The summed E-state index contributed by atoms with van der Waals surface area (Å²) in [5, 5.41) is 12.8. The van der Waals surface area contributed by atoms with Gasteiger partial charge in [0.05, 0.1) is 25.0 Å². The minimum Gasteiger partial charge on any atom is -0.490 e. The SMILES string of the molecule is C[C@H]1/C=C/CCN(C)C(=O)C[C@](O)(C(=O)NS(C)(=O)=O)c2ccc3c(c2)N(CC2(C)CC[C@@H]12)C[C@@]1(CCCc2cc(Cl)ccc21)CO3. The molecule has 2 aromatic rings. The number of aryl methyl sites for hydroxylation is 1. The van der Waals surface area contributed by atoms with Crippen molar-refractivity contribution in [2.45, 2.75) is 69.8 Å². The first kappa shape index (κ1) is 33.8. The molecule has 1 unspecified atom stereocenters. The van der Waals surface area contributed by atoms with Crippen LogP contribution < -0.4 is 14.4 Å². The molecule has 2 aliphatic heterocycles. The molecule has 2 aliphatic carbocycles. The van der Waals surface area contributed by atoms with Crippen LogP contribution in [0.15, 0.2) is 48.6 Å². The summed E-state index contributed by atoms with van der Waals surface area (Å²) in [5.41, 5.74) is 0.545. The Labute approximate surface area is 283 Å². The van der Waals surface area contributed by atoms with Crippen molar-refractivity contribution in [2.24, 2.45) is 17.3 Å². The van der Waals surface area contributed by atoms with E-state index in [-0.39, 0.29) is 16.4 Å². The van der Waals surface area contributed by atoms with Crippen LogP contribution in [0.3, 0.4) is 0 Å². The smallest absolute Gasteiger partial charge is 0.270 e. The number of fused-ring (bicyclic) bond motifs is 4. The van der Waals surface area contributed by atoms with Crippen LogP contribution in [0.4, 0.5) is 5.69 Å². The lowest BCUT2D eigenvalue weighted by Gasteiger charge is -2.53. The summed E-state index contributed by atoms with van der Waals surface area (Å²) in [6.07, 6.45) is 10.3. The van der Waals surface area contributed by atoms with Crippen molar-refractivity contribution in [3.8, 4) is 5.75 Å². The number of aliphatic hydroxyl groups is 1. The molecule has 2 heterocycles. The third-order valence-corrected chi connectivity index (χ3v) is 12.0. The molecule has 11 heteroatoms. The third kappa shape index (κ3) is 6.53. The van der Waals surface area contributed by atoms with E-state index in [1.807, 2.05) is 10.8 Å². The molecule has 4 aliphatic rings. The maximum absolute atomic E-state index is 13.6. The fraction of sp³-hybridized carbons (Fsp3) is 0.556. The normalized spacial score (nSPS) is 31.9. The van der Waals surface area contributed by atoms with Gasteiger partial charge in [0.15, 0.2) is 5.60 Å². The Morgan fingerprint density at radius 2 is 1.94 bits per heavy atom. The number of nitrogens with one attached hydrogen (secondary N) is 1. The zero-order chi connectivity index (χ0) is 33.8. The van der Waals surface area contributed by atoms with Gasteiger partial charge in [-0.15, -0.1) is 0 Å². The standard InChI is InChI=1S/C36H46ClN3O6S/c1-24-8-5-6-17-39(3)32(41)20-36(43,33(42)38-47(4,44)45)26-10-13-31-30(19-26)40(21-34(2)16-14-28(24)34)22-35(23-46-31)15-7-9-25-18-27(37)11-12-29(25)35/h5,8,10-13,18-19,24,28,43H,6-7,9,14-17,20-23H2,1-4H3,(H,38,42)/b8-5+/t24-,28-,34?,35-,36+/m0/s1. The highest BCUT2D eigenvalue weighted by molar-refractivity contribution is 7.89. The van der Waals surface area contributed by atoms with Crippen LogP contribution >= 0.6 is 11.6 Å². The molecule has 0 radical (unpaired) electrons. The van der Waals surface area contributed by atoms with Crippen LogP contribution in [0.2, 0.25) is 5.02 Å². The van der Waals surface area contributed by atoms with Gasteiger partial charge >= 0.3 is 0 Å². The molecule has 2 aromatic carbocycles. The zero-order valence-electron chi connectivity index (χ0n) is 27.7. The van der Waals surface area contributed by atoms with Gasteiger partial charge in [0, 0.05) is 37.1 Å². The fourth-order valence-electron chi connectivity index (χ4n) is 8.44. The molecule has 9 nitrogen and oxygen atoms in total. The first-order chi connectivity index (χ1) is 22.1. The fourth-order valence-corrected chi connectivity index (χ4v) is 9.14. The second kappa shape index (κ2) is 12.4. The molecule has 2 amide bonds. The van der Waals surface area contributed by atoms with Crippen molar-refractivity contribution >= 4 is 39.1 Å². The Balaban J connectivity index is 1.50. The number of rotatable bonds is 2. The van der Waals surface area contributed by atoms with Crippen molar-refractivity contribution in [1.29, 1.82) is 0 Å². The summed E-state index contributed by atoms with van der Waals surface area (Å²) >= 11 is 6.44. The number of amides is 2. The van der Waals surface area contributed by atoms with Gasteiger partial charge in [-0.1, -0.05) is 49.7 Å². The van der Waals surface area contributed by atoms with Gasteiger partial charge < -0.3 is 19.6 Å². The topological polar surface area (TPSA) is 116 Å². The quantitative estimate of drug-likeness (QED) is 0.431. The number of anilines is 1. The van der Waals surface area contributed by atoms with Crippen molar-refractivity contribution in [1.82, 2.24) is 9.62 Å². The Kier molecular flexibility index (Phi) is 8.94. The van der Waals surface area contributed by atoms with Gasteiger partial charge in [-0.3, -0.25) is 14.3 Å². The number of ether oxygens (including phenoxy) is 1. The van der Waals surface area contributed by atoms with Gasteiger partial charge in [0.1, 0.15) is 5.75 Å². The van der Waals surface area contributed by atoms with E-state index in [0.717, 1.165) is 44.9 Å². The number of benzene rings is 2. The number of carbonyl (C=O) groups excluding carboxylic acids is 2. The molecule has 1 spiro atoms. The summed E-state index contributed by atoms with van der Waals surface area (Å²) in [5.74, 6) is -0.218. The highest BCUT2D eigenvalue weighted by Crippen LogP contribution is 2.53. The highest BCUT2D eigenvalue weighted by Gasteiger charge is 2.49. The zero-order valence-corrected chi connectivity index (χ0v) is 29.3. The number of carbonyl (C=O) groups is 2. The van der Waals surface area contributed by atoms with Crippen LogP contribution in [0.25, 0.3) is 0 Å². The molecule has 2 N–H and O–H groups in total. The summed E-state index contributed by atoms with van der Waals surface area (Å²) in [6.45, 7) is 6.86. The average molecular weight is 684 g/mol. The van der Waals surface area contributed by atoms with E-state index in [1.165, 1.54) is 16.0 Å². The number of hydrogen-bond donors (Lipinski definition) is 2. The van der Waals surface area contributed by atoms with E-state index < -0.39 is 33.9 Å². The van der Waals surface area contributed by atoms with Crippen LogP contribution in [-0.4, -0.2) is 69.8 Å². The first-order valence-corrected chi connectivity index (χ1v) is 18.9. The predicted octanol–water partition coefficient (Wildman–Crippen LogP) is 4.94. The molecule has 0 aromatic heterocycles. The van der Waals surface area contributed by atoms with Crippen molar-refractivity contribution < 1.29 is 27.9 Å². The highest BCUT2D eigenvalue weighted by atomic mass is 35.5. The summed E-state index contributed by atoms with van der Waals surface area (Å²) < 4.78 is 32.9. The van der Waals surface area contributed by atoms with Crippen molar-refractivity contribution in [3.05, 3.63) is 70.3 Å². The first-order valence-electron chi connectivity index (χ1n) is 16.6. The Bertz CT molecular complexity index is 1710. The number of allylic oxidation sites excluding steroid dienone is 1. The number of hydrogen-bond acceptors (Lipinski definition) is 7. The summed E-state index contributed by atoms with van der Waals surface area (Å²) in [6, 6.07) is 11.2. The molecule has 47 heavy (non-hydrogen) atoms. The Morgan fingerprint density at radius 3 is 2.66 bits per heavy atom. The van der Waals surface area contributed by atoms with E-state index in [1.54, 1.807) is 25.2 Å². The van der Waals surface area contributed by atoms with Gasteiger partial charge in [-0.05, 0) is 96.7 Å². The van der Waals surface area contributed by atoms with Crippen LogP contribution in [0.1, 0.15) is 69.1 Å². The number of halogens is 1. The third-order valence-electron chi connectivity index (χ3n) is 11.2. The van der Waals surface area contributed by atoms with E-state index in [2.05, 4.69) is 43.0 Å². The van der Waals surface area contributed by atoms with E-state index in [4.69, 9.17) is 16.3 Å². The predicted molar refractivity (Wildman–Crippen MR) is 183 cm³/mol. The molecule has 6 rings (SSSR count). The van der Waals surface area contributed by atoms with Gasteiger partial charge in [0.2, 0.25) is 15.9 Å². The van der Waals surface area contributed by atoms with Crippen molar-refractivity contribution in [3.63, 3.8) is 0 Å². The molecular formula is C36H46ClN3O6S. The van der Waals surface area contributed by atoms with Gasteiger partial charge in [0.25, 0.3) is 5.91 Å². The largest absolute Gasteiger partial charge is 0.490 e. The summed E-state index contributed by atoms with van der Waals surface area (Å²) in [7, 11) is -2.40. The van der Waals surface area contributed by atoms with E-state index in [0.29, 0.717) is 54.4 Å². The van der Waals surface area contributed by atoms with Crippen LogP contribution in [-0.2, 0) is 37.0 Å². The second-order valence-corrected chi connectivity index (χ2v) is 16.9. The molecule has 1 saturated carbocycles. The lowest BCUT2D eigenvalue weighted by atomic mass is 9.56. The molecular weight excluding hydrogens is 638 g/mol. The van der Waals surface area contributed by atoms with E-state index in [9.17, 15) is 23.1 Å². The average Bonchev–Trinajstić information content (AvgIpc) is 3.14. The Morgan fingerprint density at radius 1 is 1.15 bits per heavy atom. The lowest BCUT2D eigenvalue weighted by Crippen LogP contribution is -2.53. The molecule has 1 fully saturated rings. The Hall–Kier alpha value is -3.08. The van der Waals surface area contributed by atoms with Crippen LogP contribution in [0, 0.1) is 17.3 Å². The van der Waals surface area contributed by atoms with Crippen molar-refractivity contribution in [2.75, 3.05) is 44.4 Å². The van der Waals surface area contributed by atoms with Gasteiger partial charge in [-0.25, -0.2) is 8.42 Å². The van der Waals surface area contributed by atoms with Gasteiger partial charge in [-0.2, -0.15) is 0 Å².